The van der Waals surface area contributed by atoms with E-state index in [1.165, 1.54) is 11.1 Å². The molecule has 0 spiro atoms. The molecule has 0 aliphatic carbocycles. The molecule has 64 valence electrons. The zero-order valence-corrected chi connectivity index (χ0v) is 7.67. The van der Waals surface area contributed by atoms with Gasteiger partial charge in [0.25, 0.3) is 0 Å². The molecule has 2 radical (unpaired) electrons. The van der Waals surface area contributed by atoms with Crippen LogP contribution in [0.2, 0.25) is 0 Å². The van der Waals surface area contributed by atoms with Gasteiger partial charge in [-0.05, 0) is 32.9 Å². The average molecular weight is 161 g/mol. The van der Waals surface area contributed by atoms with E-state index in [9.17, 15) is 0 Å². The van der Waals surface area contributed by atoms with Crippen molar-refractivity contribution in [1.29, 1.82) is 0 Å². The molecule has 0 fully saturated rings. The van der Waals surface area contributed by atoms with E-state index in [1.807, 2.05) is 0 Å². The van der Waals surface area contributed by atoms with Crippen molar-refractivity contribution in [3.05, 3.63) is 42.3 Å². The molecule has 1 heteroatoms. The van der Waals surface area contributed by atoms with E-state index in [2.05, 4.69) is 43.4 Å². The highest BCUT2D eigenvalue weighted by molar-refractivity contribution is 5.23. The molecule has 1 aromatic carbocycles. The highest BCUT2D eigenvalue weighted by Crippen LogP contribution is 2.12. The molecule has 0 aromatic heterocycles. The monoisotopic (exact) mass is 161 g/mol. The van der Waals surface area contributed by atoms with E-state index in [1.54, 1.807) is 0 Å². The summed E-state index contributed by atoms with van der Waals surface area (Å²) in [5.41, 5.74) is 2.57. The second kappa shape index (κ2) is 4.27. The van der Waals surface area contributed by atoms with Crippen molar-refractivity contribution in [3.8, 4) is 0 Å². The molecule has 0 aliphatic heterocycles. The maximum Gasteiger partial charge on any atom is 0.0291 e. The van der Waals surface area contributed by atoms with Crippen LogP contribution in [0.1, 0.15) is 24.1 Å². The molecule has 0 saturated carbocycles. The largest absolute Gasteiger partial charge is 0.310 e. The maximum atomic E-state index is 5.39. The molecule has 0 heterocycles. The second-order valence-electron chi connectivity index (χ2n) is 3.04. The first-order chi connectivity index (χ1) is 5.74. The van der Waals surface area contributed by atoms with Gasteiger partial charge in [0.15, 0.2) is 0 Å². The van der Waals surface area contributed by atoms with E-state index >= 15 is 0 Å². The fourth-order valence-corrected chi connectivity index (χ4v) is 1.15. The molecule has 0 aliphatic rings. The van der Waals surface area contributed by atoms with Gasteiger partial charge in [0, 0.05) is 6.04 Å². The Morgan fingerprint density at radius 3 is 2.42 bits per heavy atom. The number of benzene rings is 1. The van der Waals surface area contributed by atoms with Crippen LogP contribution in [0.5, 0.6) is 0 Å². The van der Waals surface area contributed by atoms with Crippen LogP contribution in [0, 0.1) is 13.8 Å². The molecule has 1 atom stereocenters. The Labute approximate surface area is 74.8 Å². The molecule has 0 bridgehead atoms. The maximum absolute atomic E-state index is 5.39. The van der Waals surface area contributed by atoms with Gasteiger partial charge in [-0.25, -0.2) is 0 Å². The third-order valence-corrected chi connectivity index (χ3v) is 2.00. The zero-order chi connectivity index (χ0) is 8.97. The first-order valence-corrected chi connectivity index (χ1v) is 4.24. The predicted octanol–water partition coefficient (Wildman–Crippen LogP) is 2.36. The van der Waals surface area contributed by atoms with Crippen LogP contribution in [0.3, 0.4) is 0 Å². The van der Waals surface area contributed by atoms with Gasteiger partial charge in [0.05, 0.1) is 0 Å². The molecule has 1 N–H and O–H groups in total. The Balaban J connectivity index is 2.68. The Hall–Kier alpha value is -0.820. The van der Waals surface area contributed by atoms with Crippen molar-refractivity contribution >= 4 is 0 Å². The topological polar surface area (TPSA) is 12.0 Å². The zero-order valence-electron chi connectivity index (χ0n) is 7.67. The van der Waals surface area contributed by atoms with Crippen LogP contribution in [-0.4, -0.2) is 6.54 Å². The van der Waals surface area contributed by atoms with Crippen LogP contribution in [0.4, 0.5) is 0 Å². The molecular formula is C11H15N. The number of aryl methyl sites for hydroxylation is 1. The predicted molar refractivity (Wildman–Crippen MR) is 51.9 cm³/mol. The van der Waals surface area contributed by atoms with E-state index < -0.39 is 0 Å². The molecule has 0 saturated heterocycles. The van der Waals surface area contributed by atoms with E-state index in [0.717, 1.165) is 0 Å². The molecule has 0 amide bonds. The molecule has 12 heavy (non-hydrogen) atoms. The molecule has 0 unspecified atom stereocenters. The Morgan fingerprint density at radius 1 is 1.33 bits per heavy atom. The van der Waals surface area contributed by atoms with Gasteiger partial charge in [-0.1, -0.05) is 29.8 Å². The van der Waals surface area contributed by atoms with Crippen LogP contribution in [0.25, 0.3) is 0 Å². The highest BCUT2D eigenvalue weighted by Gasteiger charge is 2.01. The van der Waals surface area contributed by atoms with E-state index in [-0.39, 0.29) is 0 Å². The minimum atomic E-state index is 0.343. The fraction of sp³-hybridized carbons (Fsp3) is 0.364. The molecule has 1 rings (SSSR count). The molecule has 1 aromatic rings. The van der Waals surface area contributed by atoms with Crippen LogP contribution in [-0.2, 0) is 0 Å². The van der Waals surface area contributed by atoms with Crippen molar-refractivity contribution in [2.45, 2.75) is 19.9 Å². The van der Waals surface area contributed by atoms with Gasteiger partial charge >= 0.3 is 0 Å². The number of hydrogen-bond donors (Lipinski definition) is 1. The average Bonchev–Trinajstić information content (AvgIpc) is 2.06. The normalized spacial score (nSPS) is 12.9. The summed E-state index contributed by atoms with van der Waals surface area (Å²) in [5.74, 6) is 0. The quantitative estimate of drug-likeness (QED) is 0.717. The second-order valence-corrected chi connectivity index (χ2v) is 3.04. The smallest absolute Gasteiger partial charge is 0.0291 e. The summed E-state index contributed by atoms with van der Waals surface area (Å²) >= 11 is 0. The lowest BCUT2D eigenvalue weighted by Gasteiger charge is -2.12. The summed E-state index contributed by atoms with van der Waals surface area (Å²) in [6.45, 7) is 10.1. The number of nitrogens with one attached hydrogen (secondary N) is 1. The minimum Gasteiger partial charge on any atom is -0.310 e. The first-order valence-electron chi connectivity index (χ1n) is 4.24. The summed E-state index contributed by atoms with van der Waals surface area (Å²) in [6, 6.07) is 8.83. The van der Waals surface area contributed by atoms with Gasteiger partial charge < -0.3 is 5.32 Å². The fourth-order valence-electron chi connectivity index (χ4n) is 1.15. The van der Waals surface area contributed by atoms with E-state index in [4.69, 9.17) is 6.92 Å². The van der Waals surface area contributed by atoms with Crippen LogP contribution >= 0.6 is 0 Å². The standard InChI is InChI=1S/C11H15N/c1-4-12-10(3)11-7-5-9(2)6-8-11/h1,5-8,10,12H,4H2,2-3H3/t10-/m1/s1. The van der Waals surface area contributed by atoms with Crippen LogP contribution < -0.4 is 5.32 Å². The highest BCUT2D eigenvalue weighted by atomic mass is 14.9. The van der Waals surface area contributed by atoms with Gasteiger partial charge in [0.2, 0.25) is 0 Å². The van der Waals surface area contributed by atoms with Gasteiger partial charge in [-0.3, -0.25) is 0 Å². The lowest BCUT2D eigenvalue weighted by molar-refractivity contribution is 0.616. The minimum absolute atomic E-state index is 0.343. The number of rotatable bonds is 3. The first kappa shape index (κ1) is 9.27. The SMILES string of the molecule is [CH]CN[C@H](C)c1ccc(C)cc1. The van der Waals surface area contributed by atoms with Crippen molar-refractivity contribution < 1.29 is 0 Å². The van der Waals surface area contributed by atoms with Crippen LogP contribution in [0.15, 0.2) is 24.3 Å². The Bertz CT molecular complexity index is 225. The summed E-state index contributed by atoms with van der Waals surface area (Å²) in [5, 5.41) is 3.16. The lowest BCUT2D eigenvalue weighted by Crippen LogP contribution is -2.17. The molecular weight excluding hydrogens is 146 g/mol. The summed E-state index contributed by atoms with van der Waals surface area (Å²) in [7, 11) is 0. The Kier molecular flexibility index (Phi) is 3.30. The third kappa shape index (κ3) is 2.35. The molecule has 1 nitrogen and oxygen atoms in total. The van der Waals surface area contributed by atoms with Crippen molar-refractivity contribution in [2.24, 2.45) is 0 Å². The summed E-state index contributed by atoms with van der Waals surface area (Å²) < 4.78 is 0. The van der Waals surface area contributed by atoms with Crippen molar-refractivity contribution in [2.75, 3.05) is 6.54 Å². The number of hydrogen-bond acceptors (Lipinski definition) is 1. The van der Waals surface area contributed by atoms with Gasteiger partial charge in [0.1, 0.15) is 0 Å². The summed E-state index contributed by atoms with van der Waals surface area (Å²) in [6.07, 6.45) is 0. The Morgan fingerprint density at radius 2 is 1.92 bits per heavy atom. The van der Waals surface area contributed by atoms with Gasteiger partial charge in [-0.2, -0.15) is 0 Å². The van der Waals surface area contributed by atoms with Crippen molar-refractivity contribution in [1.82, 2.24) is 5.32 Å². The van der Waals surface area contributed by atoms with E-state index in [0.29, 0.717) is 12.6 Å². The summed E-state index contributed by atoms with van der Waals surface area (Å²) in [4.78, 5) is 0. The lowest BCUT2D eigenvalue weighted by atomic mass is 10.1. The van der Waals surface area contributed by atoms with Gasteiger partial charge in [-0.15, -0.1) is 0 Å². The third-order valence-electron chi connectivity index (χ3n) is 2.00. The van der Waals surface area contributed by atoms with Crippen molar-refractivity contribution in [3.63, 3.8) is 0 Å².